The minimum atomic E-state index is -0.579. The predicted octanol–water partition coefficient (Wildman–Crippen LogP) is 10.4. The Morgan fingerprint density at radius 1 is 0.909 bits per heavy atom. The molecule has 282 valence electrons. The van der Waals surface area contributed by atoms with Gasteiger partial charge in [-0.1, -0.05) is 90.8 Å². The van der Waals surface area contributed by atoms with E-state index in [1.165, 1.54) is 34.7 Å². The molecule has 0 spiro atoms. The molecule has 2 atom stereocenters. The van der Waals surface area contributed by atoms with Crippen LogP contribution in [-0.4, -0.2) is 35.5 Å². The molecule has 6 rings (SSSR count). The second kappa shape index (κ2) is 18.6. The highest BCUT2D eigenvalue weighted by atomic mass is 35.5. The lowest BCUT2D eigenvalue weighted by molar-refractivity contribution is -0.116. The first-order chi connectivity index (χ1) is 26.6. The minimum Gasteiger partial charge on any atom is -0.462 e. The smallest absolute Gasteiger partial charge is 0.341 e. The Bertz CT molecular complexity index is 2230. The van der Waals surface area contributed by atoms with Crippen LogP contribution >= 0.6 is 46.3 Å². The fourth-order valence-electron chi connectivity index (χ4n) is 6.34. The third kappa shape index (κ3) is 10.1. The van der Waals surface area contributed by atoms with Crippen LogP contribution in [0.5, 0.6) is 0 Å². The quantitative estimate of drug-likeness (QED) is 0.0620. The molecule has 0 saturated carbocycles. The van der Waals surface area contributed by atoms with Crippen LogP contribution in [0.1, 0.15) is 74.9 Å². The zero-order valence-electron chi connectivity index (χ0n) is 30.2. The molecule has 0 bridgehead atoms. The Labute approximate surface area is 338 Å². The third-order valence-corrected chi connectivity index (χ3v) is 12.2. The molecule has 4 aromatic carbocycles. The van der Waals surface area contributed by atoms with E-state index >= 15 is 0 Å². The largest absolute Gasteiger partial charge is 0.462 e. The minimum absolute atomic E-state index is 0.0342. The molecule has 1 aliphatic rings. The van der Waals surface area contributed by atoms with Gasteiger partial charge in [-0.3, -0.25) is 14.4 Å². The van der Waals surface area contributed by atoms with Crippen LogP contribution in [0.4, 0.5) is 10.7 Å². The molecule has 1 heterocycles. The number of hydrogen-bond acceptors (Lipinski definition) is 7. The van der Waals surface area contributed by atoms with Crippen molar-refractivity contribution < 1.29 is 23.9 Å². The zero-order valence-corrected chi connectivity index (χ0v) is 33.3. The van der Waals surface area contributed by atoms with Crippen molar-refractivity contribution in [3.8, 4) is 0 Å². The number of nitrogens with one attached hydrogen (secondary N) is 3. The first-order valence-electron chi connectivity index (χ1n) is 17.9. The highest BCUT2D eigenvalue weighted by molar-refractivity contribution is 8.00. The van der Waals surface area contributed by atoms with Gasteiger partial charge in [0, 0.05) is 31.1 Å². The highest BCUT2D eigenvalue weighted by Gasteiger charge is 2.32. The monoisotopic (exact) mass is 811 g/mol. The standard InChI is InChI=1S/C43H39Cl2N3O5S2/c1-3-36(41(51)48-42-38(43(52)53-4-2)33-21-19-28(23-37(33)55-42)26-12-7-5-8-13-26)54-32-17-11-16-31(25-32)46-40(50)35(22-29-18-20-30(44)24-34(29)45)47-39(49)27-14-9-6-10-15-27/h5-18,20,22,24-25,28,36H,3-4,19,21,23H2,1-2H3,(H,46,50)(H,47,49)(H,48,51)/b35-22+. The van der Waals surface area contributed by atoms with Crippen molar-refractivity contribution in [2.24, 2.45) is 0 Å². The van der Waals surface area contributed by atoms with Crippen LogP contribution in [0.25, 0.3) is 6.08 Å². The molecule has 55 heavy (non-hydrogen) atoms. The Hall–Kier alpha value is -4.87. The maximum absolute atomic E-state index is 13.9. The van der Waals surface area contributed by atoms with E-state index in [1.807, 2.05) is 31.2 Å². The van der Waals surface area contributed by atoms with Gasteiger partial charge in [-0.25, -0.2) is 4.79 Å². The number of halogens is 2. The summed E-state index contributed by atoms with van der Waals surface area (Å²) in [6, 6.07) is 30.9. The van der Waals surface area contributed by atoms with Crippen molar-refractivity contribution >= 4 is 86.8 Å². The Balaban J connectivity index is 1.18. The fraction of sp³-hybridized carbons (Fsp3) is 0.209. The highest BCUT2D eigenvalue weighted by Crippen LogP contribution is 2.43. The summed E-state index contributed by atoms with van der Waals surface area (Å²) in [6.45, 7) is 3.93. The maximum atomic E-state index is 13.9. The number of amides is 3. The number of ether oxygens (including phenoxy) is 1. The Morgan fingerprint density at radius 2 is 1.65 bits per heavy atom. The third-order valence-electron chi connectivity index (χ3n) is 9.08. The molecule has 0 fully saturated rings. The van der Waals surface area contributed by atoms with Crippen LogP contribution in [-0.2, 0) is 27.2 Å². The lowest BCUT2D eigenvalue weighted by Gasteiger charge is -2.23. The van der Waals surface area contributed by atoms with E-state index in [0.717, 1.165) is 34.6 Å². The van der Waals surface area contributed by atoms with Crippen molar-refractivity contribution in [3.63, 3.8) is 0 Å². The number of rotatable bonds is 13. The van der Waals surface area contributed by atoms with E-state index in [9.17, 15) is 19.2 Å². The maximum Gasteiger partial charge on any atom is 0.341 e. The second-order valence-corrected chi connectivity index (χ2v) is 16.0. The van der Waals surface area contributed by atoms with Gasteiger partial charge in [0.2, 0.25) is 5.91 Å². The Morgan fingerprint density at radius 3 is 2.36 bits per heavy atom. The molecule has 3 N–H and O–H groups in total. The predicted molar refractivity (Wildman–Crippen MR) is 223 cm³/mol. The van der Waals surface area contributed by atoms with Gasteiger partial charge in [0.25, 0.3) is 11.8 Å². The van der Waals surface area contributed by atoms with Crippen LogP contribution in [0.15, 0.2) is 114 Å². The van der Waals surface area contributed by atoms with E-state index < -0.39 is 23.0 Å². The Kier molecular flexibility index (Phi) is 13.5. The number of anilines is 2. The van der Waals surface area contributed by atoms with Crippen LogP contribution in [0.3, 0.4) is 0 Å². The lowest BCUT2D eigenvalue weighted by atomic mass is 9.83. The van der Waals surface area contributed by atoms with E-state index in [-0.39, 0.29) is 18.2 Å². The number of benzene rings is 4. The number of carbonyl (C=O) groups excluding carboxylic acids is 4. The van der Waals surface area contributed by atoms with E-state index in [4.69, 9.17) is 27.9 Å². The van der Waals surface area contributed by atoms with E-state index in [0.29, 0.717) is 49.8 Å². The van der Waals surface area contributed by atoms with E-state index in [1.54, 1.807) is 73.7 Å². The number of carbonyl (C=O) groups is 4. The normalized spacial score (nSPS) is 14.3. The van der Waals surface area contributed by atoms with Crippen molar-refractivity contribution in [2.75, 3.05) is 17.2 Å². The molecular weight excluding hydrogens is 774 g/mol. The molecule has 5 aromatic rings. The van der Waals surface area contributed by atoms with Gasteiger partial charge in [-0.15, -0.1) is 23.1 Å². The first kappa shape index (κ1) is 39.8. The number of thioether (sulfide) groups is 1. The van der Waals surface area contributed by atoms with Crippen LogP contribution in [0, 0.1) is 0 Å². The van der Waals surface area contributed by atoms with Gasteiger partial charge in [-0.05, 0) is 104 Å². The summed E-state index contributed by atoms with van der Waals surface area (Å²) < 4.78 is 5.46. The molecular formula is C43H39Cl2N3O5S2. The van der Waals surface area contributed by atoms with Crippen molar-refractivity contribution in [1.82, 2.24) is 5.32 Å². The van der Waals surface area contributed by atoms with E-state index in [2.05, 4.69) is 28.1 Å². The number of fused-ring (bicyclic) bond motifs is 1. The van der Waals surface area contributed by atoms with Gasteiger partial charge >= 0.3 is 5.97 Å². The van der Waals surface area contributed by atoms with Crippen LogP contribution in [0.2, 0.25) is 10.0 Å². The lowest BCUT2D eigenvalue weighted by Crippen LogP contribution is -2.30. The summed E-state index contributed by atoms with van der Waals surface area (Å²) in [7, 11) is 0. The van der Waals surface area contributed by atoms with Crippen molar-refractivity contribution in [2.45, 2.75) is 55.6 Å². The molecule has 12 heteroatoms. The van der Waals surface area contributed by atoms with Crippen molar-refractivity contribution in [3.05, 3.63) is 152 Å². The molecule has 0 aliphatic heterocycles. The molecule has 2 unspecified atom stereocenters. The summed E-state index contributed by atoms with van der Waals surface area (Å²) in [6.07, 6.45) is 4.40. The molecule has 8 nitrogen and oxygen atoms in total. The zero-order chi connectivity index (χ0) is 38.9. The summed E-state index contributed by atoms with van der Waals surface area (Å²) >= 11 is 15.3. The average molecular weight is 813 g/mol. The first-order valence-corrected chi connectivity index (χ1v) is 20.4. The fourth-order valence-corrected chi connectivity index (χ4v) is 9.14. The van der Waals surface area contributed by atoms with Gasteiger partial charge < -0.3 is 20.7 Å². The molecule has 0 saturated heterocycles. The summed E-state index contributed by atoms with van der Waals surface area (Å²) in [5.41, 5.74) is 3.96. The van der Waals surface area contributed by atoms with Gasteiger partial charge in [-0.2, -0.15) is 0 Å². The van der Waals surface area contributed by atoms with Crippen LogP contribution < -0.4 is 16.0 Å². The molecule has 1 aliphatic carbocycles. The molecule has 0 radical (unpaired) electrons. The van der Waals surface area contributed by atoms with Crippen molar-refractivity contribution in [1.29, 1.82) is 0 Å². The second-order valence-electron chi connectivity index (χ2n) is 12.8. The molecule has 1 aromatic heterocycles. The topological polar surface area (TPSA) is 114 Å². The number of thiophene rings is 1. The van der Waals surface area contributed by atoms with Gasteiger partial charge in [0.1, 0.15) is 10.7 Å². The molecule has 3 amide bonds. The average Bonchev–Trinajstić information content (AvgIpc) is 3.55. The summed E-state index contributed by atoms with van der Waals surface area (Å²) in [4.78, 5) is 55.8. The van der Waals surface area contributed by atoms with Gasteiger partial charge in [0.05, 0.1) is 17.4 Å². The van der Waals surface area contributed by atoms with Gasteiger partial charge in [0.15, 0.2) is 0 Å². The number of hydrogen-bond donors (Lipinski definition) is 3. The summed E-state index contributed by atoms with van der Waals surface area (Å²) in [5.74, 6) is -1.38. The SMILES string of the molecule is CCOC(=O)c1c(NC(=O)C(CC)Sc2cccc(NC(=O)/C(=C\c3ccc(Cl)cc3Cl)NC(=O)c3ccccc3)c2)sc2c1CCC(c1ccccc1)C2. The number of esters is 1. The summed E-state index contributed by atoms with van der Waals surface area (Å²) in [5, 5.41) is 9.41.